The zero-order valence-corrected chi connectivity index (χ0v) is 21.7. The number of hydrogen-bond acceptors (Lipinski definition) is 11. The minimum absolute atomic E-state index is 0.0485. The molecule has 0 saturated heterocycles. The Morgan fingerprint density at radius 2 is 1.14 bits per heavy atom. The van der Waals surface area contributed by atoms with Crippen LogP contribution in [-0.4, -0.2) is 101 Å². The van der Waals surface area contributed by atoms with Gasteiger partial charge in [0, 0.05) is 0 Å². The molecule has 0 bridgehead atoms. The molecule has 0 radical (unpaired) electrons. The number of carbonyl (C=O) groups excluding carboxylic acids is 1. The monoisotopic (exact) mass is 532 g/mol. The van der Waals surface area contributed by atoms with E-state index in [4.69, 9.17) is 34.3 Å². The molecule has 6 N–H and O–H groups in total. The van der Waals surface area contributed by atoms with Crippen molar-refractivity contribution in [2.75, 3.05) is 46.2 Å². The molecule has 11 nitrogen and oxygen atoms in total. The normalized spacial score (nSPS) is 13.6. The second-order valence-electron chi connectivity index (χ2n) is 8.85. The number of rotatable bonds is 22. The molecule has 0 aliphatic rings. The zero-order valence-electron chi connectivity index (χ0n) is 21.7. The van der Waals surface area contributed by atoms with Gasteiger partial charge < -0.3 is 49.6 Å². The highest BCUT2D eigenvalue weighted by atomic mass is 16.6. The number of aliphatic hydroxyl groups is 6. The summed E-state index contributed by atoms with van der Waals surface area (Å²) in [5.41, 5.74) is 0.0524. The Morgan fingerprint density at radius 1 is 0.703 bits per heavy atom. The van der Waals surface area contributed by atoms with Gasteiger partial charge in [0.05, 0.1) is 32.0 Å². The summed E-state index contributed by atoms with van der Waals surface area (Å²) in [4.78, 5) is 12.7. The van der Waals surface area contributed by atoms with Crippen molar-refractivity contribution in [2.45, 2.75) is 76.6 Å². The molecule has 1 aromatic rings. The SMILES string of the molecule is CCCCCCCCCCOC(=O)c1cc(OCC(O)CO)c(OCC(O)CO)c(OCC(O)CO)c1. The highest BCUT2D eigenvalue weighted by Crippen LogP contribution is 2.39. The number of carbonyl (C=O) groups is 1. The fraction of sp³-hybridized carbons (Fsp3) is 0.731. The molecule has 0 spiro atoms. The molecule has 1 aromatic carbocycles. The lowest BCUT2D eigenvalue weighted by Crippen LogP contribution is -2.25. The summed E-state index contributed by atoms with van der Waals surface area (Å²) in [6.45, 7) is -0.322. The van der Waals surface area contributed by atoms with Gasteiger partial charge in [-0.2, -0.15) is 0 Å². The Morgan fingerprint density at radius 3 is 1.59 bits per heavy atom. The van der Waals surface area contributed by atoms with Crippen molar-refractivity contribution in [1.82, 2.24) is 0 Å². The highest BCUT2D eigenvalue weighted by molar-refractivity contribution is 5.91. The molecule has 3 unspecified atom stereocenters. The van der Waals surface area contributed by atoms with Gasteiger partial charge >= 0.3 is 5.97 Å². The van der Waals surface area contributed by atoms with Gasteiger partial charge in [-0.3, -0.25) is 0 Å². The molecule has 214 valence electrons. The van der Waals surface area contributed by atoms with Gasteiger partial charge in [0.2, 0.25) is 5.75 Å². The number of esters is 1. The second-order valence-corrected chi connectivity index (χ2v) is 8.85. The van der Waals surface area contributed by atoms with Crippen LogP contribution in [0.4, 0.5) is 0 Å². The maximum Gasteiger partial charge on any atom is 0.338 e. The largest absolute Gasteiger partial charge is 0.487 e. The molecule has 1 rings (SSSR count). The van der Waals surface area contributed by atoms with Crippen LogP contribution in [0.3, 0.4) is 0 Å². The van der Waals surface area contributed by atoms with Crippen LogP contribution in [0, 0.1) is 0 Å². The Hall–Kier alpha value is -2.15. The molecular formula is C26H44O11. The van der Waals surface area contributed by atoms with E-state index in [2.05, 4.69) is 6.92 Å². The van der Waals surface area contributed by atoms with Crippen molar-refractivity contribution in [3.05, 3.63) is 17.7 Å². The lowest BCUT2D eigenvalue weighted by atomic mass is 10.1. The summed E-state index contributed by atoms with van der Waals surface area (Å²) in [5, 5.41) is 56.4. The van der Waals surface area contributed by atoms with Gasteiger partial charge in [0.15, 0.2) is 11.5 Å². The summed E-state index contributed by atoms with van der Waals surface area (Å²) in [5.74, 6) is -0.812. The van der Waals surface area contributed by atoms with Crippen molar-refractivity contribution in [2.24, 2.45) is 0 Å². The fourth-order valence-electron chi connectivity index (χ4n) is 3.24. The summed E-state index contributed by atoms with van der Waals surface area (Å²) in [7, 11) is 0. The molecule has 0 amide bonds. The highest BCUT2D eigenvalue weighted by Gasteiger charge is 2.22. The van der Waals surface area contributed by atoms with Crippen LogP contribution in [0.1, 0.15) is 68.6 Å². The van der Waals surface area contributed by atoms with Gasteiger partial charge in [-0.25, -0.2) is 4.79 Å². The van der Waals surface area contributed by atoms with Gasteiger partial charge in [-0.15, -0.1) is 0 Å². The van der Waals surface area contributed by atoms with E-state index in [1.165, 1.54) is 37.8 Å². The molecule has 0 aliphatic carbocycles. The van der Waals surface area contributed by atoms with Crippen molar-refractivity contribution in [1.29, 1.82) is 0 Å². The van der Waals surface area contributed by atoms with E-state index >= 15 is 0 Å². The third kappa shape index (κ3) is 13.8. The van der Waals surface area contributed by atoms with Crippen molar-refractivity contribution < 1.29 is 54.4 Å². The smallest absolute Gasteiger partial charge is 0.338 e. The quantitative estimate of drug-likeness (QED) is 0.0934. The van der Waals surface area contributed by atoms with Gasteiger partial charge in [-0.05, 0) is 18.6 Å². The number of unbranched alkanes of at least 4 members (excludes halogenated alkanes) is 7. The molecule has 3 atom stereocenters. The number of aliphatic hydroxyl groups excluding tert-OH is 6. The van der Waals surface area contributed by atoms with Gasteiger partial charge in [0.1, 0.15) is 38.1 Å². The van der Waals surface area contributed by atoms with E-state index in [0.29, 0.717) is 0 Å². The van der Waals surface area contributed by atoms with E-state index in [1.807, 2.05) is 0 Å². The molecule has 0 saturated carbocycles. The molecule has 0 heterocycles. The van der Waals surface area contributed by atoms with E-state index in [1.54, 1.807) is 0 Å². The third-order valence-electron chi connectivity index (χ3n) is 5.40. The first-order valence-corrected chi connectivity index (χ1v) is 13.0. The van der Waals surface area contributed by atoms with E-state index in [-0.39, 0.29) is 49.2 Å². The fourth-order valence-corrected chi connectivity index (χ4v) is 3.24. The number of benzene rings is 1. The first-order chi connectivity index (χ1) is 17.9. The van der Waals surface area contributed by atoms with E-state index in [9.17, 15) is 20.1 Å². The lowest BCUT2D eigenvalue weighted by molar-refractivity contribution is 0.0388. The lowest BCUT2D eigenvalue weighted by Gasteiger charge is -2.20. The molecule has 0 fully saturated rings. The maximum atomic E-state index is 12.7. The van der Waals surface area contributed by atoms with Crippen LogP contribution in [0.5, 0.6) is 17.2 Å². The van der Waals surface area contributed by atoms with Crippen LogP contribution < -0.4 is 14.2 Å². The van der Waals surface area contributed by atoms with Crippen molar-refractivity contribution in [3.8, 4) is 17.2 Å². The predicted molar refractivity (Wildman–Crippen MR) is 135 cm³/mol. The second kappa shape index (κ2) is 19.9. The van der Waals surface area contributed by atoms with Crippen LogP contribution in [0.2, 0.25) is 0 Å². The Kier molecular flexibility index (Phi) is 17.7. The van der Waals surface area contributed by atoms with Crippen LogP contribution in [0.15, 0.2) is 12.1 Å². The summed E-state index contributed by atoms with van der Waals surface area (Å²) in [6.07, 6.45) is 5.15. The van der Waals surface area contributed by atoms with Crippen molar-refractivity contribution in [3.63, 3.8) is 0 Å². The van der Waals surface area contributed by atoms with E-state index in [0.717, 1.165) is 25.7 Å². The van der Waals surface area contributed by atoms with Crippen LogP contribution in [0.25, 0.3) is 0 Å². The van der Waals surface area contributed by atoms with E-state index < -0.39 is 44.1 Å². The minimum atomic E-state index is -1.22. The third-order valence-corrected chi connectivity index (χ3v) is 5.40. The zero-order chi connectivity index (χ0) is 27.5. The topological polar surface area (TPSA) is 175 Å². The predicted octanol–water partition coefficient (Wildman–Crippen LogP) is 1.18. The number of hydrogen-bond donors (Lipinski definition) is 6. The maximum absolute atomic E-state index is 12.7. The molecule has 0 aliphatic heterocycles. The standard InChI is InChI=1S/C26H44O11/c1-2-3-4-5-6-7-8-9-10-34-26(33)19-11-23(35-16-20(30)13-27)25(37-18-22(32)15-29)24(12-19)36-17-21(31)14-28/h11-12,20-22,27-32H,2-10,13-18H2,1H3. The first-order valence-electron chi connectivity index (χ1n) is 13.0. The summed E-state index contributed by atoms with van der Waals surface area (Å²) < 4.78 is 22.0. The summed E-state index contributed by atoms with van der Waals surface area (Å²) >= 11 is 0. The van der Waals surface area contributed by atoms with Gasteiger partial charge in [0.25, 0.3) is 0 Å². The average molecular weight is 533 g/mol. The molecule has 11 heteroatoms. The number of ether oxygens (including phenoxy) is 4. The Labute approximate surface area is 218 Å². The minimum Gasteiger partial charge on any atom is -0.487 e. The van der Waals surface area contributed by atoms with Crippen molar-refractivity contribution >= 4 is 5.97 Å². The first kappa shape index (κ1) is 32.9. The Bertz CT molecular complexity index is 708. The molecule has 0 aromatic heterocycles. The summed E-state index contributed by atoms with van der Waals surface area (Å²) in [6, 6.07) is 2.63. The molecular weight excluding hydrogens is 488 g/mol. The van der Waals surface area contributed by atoms with Crippen LogP contribution >= 0.6 is 0 Å². The van der Waals surface area contributed by atoms with Crippen LogP contribution in [-0.2, 0) is 4.74 Å². The van der Waals surface area contributed by atoms with Gasteiger partial charge in [-0.1, -0.05) is 51.9 Å². The molecule has 37 heavy (non-hydrogen) atoms. The average Bonchev–Trinajstić information content (AvgIpc) is 2.91. The Balaban J connectivity index is 2.96.